The second kappa shape index (κ2) is 7.64. The standard InChI is InChI=1S/C15H23ClN2O3/c1-15(2,3)13(17)14(19)18-10-5-6-12(11(16)9-10)21-8-7-20-4/h5-6,9,13H,7-8,17H2,1-4H3,(H,18,19)/t13-/m1/s1. The van der Waals surface area contributed by atoms with Crippen molar-refractivity contribution in [2.45, 2.75) is 26.8 Å². The molecule has 0 bridgehead atoms. The Morgan fingerprint density at radius 1 is 1.38 bits per heavy atom. The second-order valence-corrected chi connectivity index (χ2v) is 6.23. The molecule has 0 radical (unpaired) electrons. The van der Waals surface area contributed by atoms with E-state index in [0.717, 1.165) is 0 Å². The molecule has 0 saturated heterocycles. The van der Waals surface area contributed by atoms with Crippen LogP contribution < -0.4 is 15.8 Å². The van der Waals surface area contributed by atoms with E-state index in [0.29, 0.717) is 29.7 Å². The van der Waals surface area contributed by atoms with Gasteiger partial charge in [0.2, 0.25) is 5.91 Å². The van der Waals surface area contributed by atoms with Crippen LogP contribution in [-0.2, 0) is 9.53 Å². The molecule has 1 atom stereocenters. The van der Waals surface area contributed by atoms with Gasteiger partial charge in [0.1, 0.15) is 12.4 Å². The van der Waals surface area contributed by atoms with Crippen molar-refractivity contribution in [3.63, 3.8) is 0 Å². The Morgan fingerprint density at radius 3 is 2.57 bits per heavy atom. The number of benzene rings is 1. The molecule has 1 rings (SSSR count). The van der Waals surface area contributed by atoms with Crippen LogP contribution in [0.1, 0.15) is 20.8 Å². The van der Waals surface area contributed by atoms with Gasteiger partial charge in [-0.1, -0.05) is 32.4 Å². The number of carbonyl (C=O) groups is 1. The smallest absolute Gasteiger partial charge is 0.241 e. The van der Waals surface area contributed by atoms with Gasteiger partial charge in [-0.2, -0.15) is 0 Å². The minimum atomic E-state index is -0.603. The van der Waals surface area contributed by atoms with Crippen molar-refractivity contribution < 1.29 is 14.3 Å². The quantitative estimate of drug-likeness (QED) is 0.792. The maximum absolute atomic E-state index is 12.0. The number of anilines is 1. The third kappa shape index (κ3) is 5.53. The lowest BCUT2D eigenvalue weighted by molar-refractivity contribution is -0.119. The maximum Gasteiger partial charge on any atom is 0.241 e. The number of rotatable bonds is 6. The fourth-order valence-corrected chi connectivity index (χ4v) is 1.78. The van der Waals surface area contributed by atoms with Gasteiger partial charge in [0.15, 0.2) is 0 Å². The molecule has 0 aromatic heterocycles. The molecule has 21 heavy (non-hydrogen) atoms. The summed E-state index contributed by atoms with van der Waals surface area (Å²) < 4.78 is 10.3. The van der Waals surface area contributed by atoms with Crippen LogP contribution in [0.15, 0.2) is 18.2 Å². The molecule has 0 unspecified atom stereocenters. The van der Waals surface area contributed by atoms with Gasteiger partial charge in [0.25, 0.3) is 0 Å². The minimum Gasteiger partial charge on any atom is -0.490 e. The first-order valence-corrected chi connectivity index (χ1v) is 7.11. The molecular formula is C15H23ClN2O3. The Kier molecular flexibility index (Phi) is 6.45. The summed E-state index contributed by atoms with van der Waals surface area (Å²) in [7, 11) is 1.60. The van der Waals surface area contributed by atoms with E-state index in [2.05, 4.69) is 5.32 Å². The topological polar surface area (TPSA) is 73.6 Å². The van der Waals surface area contributed by atoms with Gasteiger partial charge >= 0.3 is 0 Å². The van der Waals surface area contributed by atoms with Crippen molar-refractivity contribution in [3.05, 3.63) is 23.2 Å². The van der Waals surface area contributed by atoms with Gasteiger partial charge in [0.05, 0.1) is 17.7 Å². The number of nitrogens with one attached hydrogen (secondary N) is 1. The van der Waals surface area contributed by atoms with E-state index < -0.39 is 6.04 Å². The monoisotopic (exact) mass is 314 g/mol. The van der Waals surface area contributed by atoms with E-state index in [-0.39, 0.29) is 11.3 Å². The highest BCUT2D eigenvalue weighted by molar-refractivity contribution is 6.32. The van der Waals surface area contributed by atoms with E-state index >= 15 is 0 Å². The molecule has 1 aromatic carbocycles. The summed E-state index contributed by atoms with van der Waals surface area (Å²) in [5.74, 6) is 0.304. The van der Waals surface area contributed by atoms with Gasteiger partial charge < -0.3 is 20.5 Å². The van der Waals surface area contributed by atoms with Crippen LogP contribution in [0.25, 0.3) is 0 Å². The summed E-state index contributed by atoms with van der Waals surface area (Å²) in [5, 5.41) is 3.18. The summed E-state index contributed by atoms with van der Waals surface area (Å²) in [6, 6.07) is 4.46. The summed E-state index contributed by atoms with van der Waals surface area (Å²) in [6.07, 6.45) is 0. The molecule has 0 aliphatic heterocycles. The van der Waals surface area contributed by atoms with Crippen LogP contribution in [0, 0.1) is 5.41 Å². The summed E-state index contributed by atoms with van der Waals surface area (Å²) in [6.45, 7) is 6.64. The van der Waals surface area contributed by atoms with Crippen molar-refractivity contribution >= 4 is 23.2 Å². The lowest BCUT2D eigenvalue weighted by Gasteiger charge is -2.25. The van der Waals surface area contributed by atoms with Crippen molar-refractivity contribution in [2.24, 2.45) is 11.1 Å². The lowest BCUT2D eigenvalue weighted by Crippen LogP contribution is -2.45. The highest BCUT2D eigenvalue weighted by Gasteiger charge is 2.27. The molecule has 0 saturated carbocycles. The average Bonchev–Trinajstić information content (AvgIpc) is 2.39. The number of halogens is 1. The zero-order chi connectivity index (χ0) is 16.0. The van der Waals surface area contributed by atoms with E-state index in [9.17, 15) is 4.79 Å². The largest absolute Gasteiger partial charge is 0.490 e. The predicted molar refractivity (Wildman–Crippen MR) is 84.9 cm³/mol. The van der Waals surface area contributed by atoms with Crippen molar-refractivity contribution in [1.82, 2.24) is 0 Å². The highest BCUT2D eigenvalue weighted by atomic mass is 35.5. The molecule has 0 spiro atoms. The molecule has 0 aliphatic rings. The van der Waals surface area contributed by atoms with Crippen LogP contribution in [0.3, 0.4) is 0 Å². The van der Waals surface area contributed by atoms with Crippen molar-refractivity contribution in [3.8, 4) is 5.75 Å². The predicted octanol–water partition coefficient (Wildman–Crippen LogP) is 2.68. The Labute approximate surface area is 130 Å². The lowest BCUT2D eigenvalue weighted by atomic mass is 9.87. The number of carbonyl (C=O) groups excluding carboxylic acids is 1. The number of nitrogens with two attached hydrogens (primary N) is 1. The summed E-state index contributed by atoms with van der Waals surface area (Å²) in [4.78, 5) is 12.0. The molecule has 6 heteroatoms. The number of methoxy groups -OCH3 is 1. The van der Waals surface area contributed by atoms with E-state index in [1.807, 2.05) is 20.8 Å². The summed E-state index contributed by atoms with van der Waals surface area (Å²) in [5.41, 5.74) is 6.19. The van der Waals surface area contributed by atoms with Gasteiger partial charge in [-0.05, 0) is 23.6 Å². The molecule has 0 fully saturated rings. The number of hydrogen-bond donors (Lipinski definition) is 2. The zero-order valence-corrected chi connectivity index (χ0v) is 13.7. The minimum absolute atomic E-state index is 0.244. The van der Waals surface area contributed by atoms with Crippen LogP contribution in [-0.4, -0.2) is 32.3 Å². The zero-order valence-electron chi connectivity index (χ0n) is 12.9. The van der Waals surface area contributed by atoms with Crippen LogP contribution in [0.2, 0.25) is 5.02 Å². The van der Waals surface area contributed by atoms with Crippen molar-refractivity contribution in [2.75, 3.05) is 25.6 Å². The Hall–Kier alpha value is -1.30. The Balaban J connectivity index is 2.69. The Morgan fingerprint density at radius 2 is 2.05 bits per heavy atom. The molecule has 1 amide bonds. The fraction of sp³-hybridized carbons (Fsp3) is 0.533. The molecular weight excluding hydrogens is 292 g/mol. The Bertz CT molecular complexity index is 486. The normalized spacial score (nSPS) is 12.9. The second-order valence-electron chi connectivity index (χ2n) is 5.82. The summed E-state index contributed by atoms with van der Waals surface area (Å²) >= 11 is 6.11. The molecule has 1 aromatic rings. The first kappa shape index (κ1) is 17.8. The molecule has 5 nitrogen and oxygen atoms in total. The third-order valence-corrected chi connectivity index (χ3v) is 3.26. The molecule has 3 N–H and O–H groups in total. The van der Waals surface area contributed by atoms with Crippen LogP contribution in [0.4, 0.5) is 5.69 Å². The average molecular weight is 315 g/mol. The highest BCUT2D eigenvalue weighted by Crippen LogP contribution is 2.28. The number of ether oxygens (including phenoxy) is 2. The van der Waals surface area contributed by atoms with Crippen molar-refractivity contribution in [1.29, 1.82) is 0 Å². The van der Waals surface area contributed by atoms with E-state index in [4.69, 9.17) is 26.8 Å². The van der Waals surface area contributed by atoms with Crippen LogP contribution in [0.5, 0.6) is 5.75 Å². The van der Waals surface area contributed by atoms with E-state index in [1.54, 1.807) is 25.3 Å². The van der Waals surface area contributed by atoms with Gasteiger partial charge in [0, 0.05) is 12.8 Å². The van der Waals surface area contributed by atoms with Gasteiger partial charge in [-0.3, -0.25) is 4.79 Å². The SMILES string of the molecule is COCCOc1ccc(NC(=O)[C@@H](N)C(C)(C)C)cc1Cl. The molecule has 118 valence electrons. The van der Waals surface area contributed by atoms with Gasteiger partial charge in [-0.25, -0.2) is 0 Å². The van der Waals surface area contributed by atoms with E-state index in [1.165, 1.54) is 0 Å². The number of hydrogen-bond acceptors (Lipinski definition) is 4. The first-order valence-electron chi connectivity index (χ1n) is 6.73. The molecule has 0 aliphatic carbocycles. The van der Waals surface area contributed by atoms with Gasteiger partial charge in [-0.15, -0.1) is 0 Å². The number of amides is 1. The van der Waals surface area contributed by atoms with Crippen LogP contribution >= 0.6 is 11.6 Å². The first-order chi connectivity index (χ1) is 9.75. The fourth-order valence-electron chi connectivity index (χ4n) is 1.54. The third-order valence-electron chi connectivity index (χ3n) is 2.96. The molecule has 0 heterocycles. The maximum atomic E-state index is 12.0.